The molecule has 18 heavy (non-hydrogen) atoms. The van der Waals surface area contributed by atoms with Crippen molar-refractivity contribution in [3.8, 4) is 0 Å². The predicted octanol–water partition coefficient (Wildman–Crippen LogP) is -1.70. The van der Waals surface area contributed by atoms with E-state index in [2.05, 4.69) is 14.9 Å². The van der Waals surface area contributed by atoms with Gasteiger partial charge >= 0.3 is 0 Å². The Hall–Kier alpha value is -0.870. The predicted molar refractivity (Wildman–Crippen MR) is 67.8 cm³/mol. The van der Waals surface area contributed by atoms with Gasteiger partial charge in [0.15, 0.2) is 0 Å². The Bertz CT molecular complexity index is 355. The van der Waals surface area contributed by atoms with Crippen LogP contribution in [0.25, 0.3) is 0 Å². The van der Waals surface area contributed by atoms with Gasteiger partial charge in [-0.05, 0) is 25.3 Å². The first kappa shape index (κ1) is 13.6. The lowest BCUT2D eigenvalue weighted by Crippen LogP contribution is -3.00. The third-order valence-corrected chi connectivity index (χ3v) is 4.29. The van der Waals surface area contributed by atoms with Crippen molar-refractivity contribution in [2.75, 3.05) is 44.2 Å². The minimum Gasteiger partial charge on any atom is -1.00 e. The Labute approximate surface area is 115 Å². The fourth-order valence-electron chi connectivity index (χ4n) is 3.17. The molecule has 0 aromatic carbocycles. The molecule has 0 atom stereocenters. The molecule has 1 aromatic heterocycles. The number of hydrogen-bond acceptors (Lipinski definition) is 3. The van der Waals surface area contributed by atoms with Crippen molar-refractivity contribution in [2.45, 2.75) is 19.3 Å². The zero-order valence-electron chi connectivity index (χ0n) is 10.8. The van der Waals surface area contributed by atoms with Crippen LogP contribution in [0.15, 0.2) is 18.5 Å². The van der Waals surface area contributed by atoms with E-state index >= 15 is 0 Å². The summed E-state index contributed by atoms with van der Waals surface area (Å²) in [6.07, 6.45) is 7.94. The Morgan fingerprint density at radius 2 is 1.50 bits per heavy atom. The molecule has 1 spiro atoms. The fraction of sp³-hybridized carbons (Fsp3) is 0.692. The van der Waals surface area contributed by atoms with Crippen LogP contribution in [-0.2, 0) is 0 Å². The third kappa shape index (κ3) is 2.75. The zero-order chi connectivity index (χ0) is 11.6. The lowest BCUT2D eigenvalue weighted by atomic mass is 10.1. The van der Waals surface area contributed by atoms with Crippen molar-refractivity contribution >= 4 is 5.95 Å². The van der Waals surface area contributed by atoms with Crippen molar-refractivity contribution in [1.29, 1.82) is 0 Å². The van der Waals surface area contributed by atoms with E-state index in [1.807, 2.05) is 18.5 Å². The number of quaternary nitrogens is 1. The van der Waals surface area contributed by atoms with Gasteiger partial charge in [0, 0.05) is 12.4 Å². The number of rotatable bonds is 1. The third-order valence-electron chi connectivity index (χ3n) is 4.29. The average molecular weight is 269 g/mol. The summed E-state index contributed by atoms with van der Waals surface area (Å²) in [4.78, 5) is 11.0. The SMILES string of the molecule is [Cl-].c1cnc(N2CC[N+]3(CCCCC3)CC2)nc1. The van der Waals surface area contributed by atoms with Crippen molar-refractivity contribution in [2.24, 2.45) is 0 Å². The van der Waals surface area contributed by atoms with Gasteiger partial charge in [-0.15, -0.1) is 0 Å². The number of aromatic nitrogens is 2. The van der Waals surface area contributed by atoms with Gasteiger partial charge in [-0.3, -0.25) is 0 Å². The normalized spacial score (nSPS) is 22.6. The highest BCUT2D eigenvalue weighted by atomic mass is 35.5. The van der Waals surface area contributed by atoms with E-state index in [1.165, 1.54) is 49.9 Å². The minimum absolute atomic E-state index is 0. The first-order valence-corrected chi connectivity index (χ1v) is 6.75. The topological polar surface area (TPSA) is 29.0 Å². The molecule has 3 rings (SSSR count). The summed E-state index contributed by atoms with van der Waals surface area (Å²) in [5.41, 5.74) is 0. The summed E-state index contributed by atoms with van der Waals surface area (Å²) >= 11 is 0. The van der Waals surface area contributed by atoms with Gasteiger partial charge in [0.05, 0.1) is 39.3 Å². The second-order valence-electron chi connectivity index (χ2n) is 5.33. The van der Waals surface area contributed by atoms with Gasteiger partial charge in [-0.25, -0.2) is 9.97 Å². The van der Waals surface area contributed by atoms with Gasteiger partial charge < -0.3 is 21.8 Å². The molecule has 5 heteroatoms. The molecule has 0 N–H and O–H groups in total. The van der Waals surface area contributed by atoms with Crippen molar-refractivity contribution in [3.63, 3.8) is 0 Å². The molecule has 2 saturated heterocycles. The summed E-state index contributed by atoms with van der Waals surface area (Å²) in [6, 6.07) is 1.88. The lowest BCUT2D eigenvalue weighted by Gasteiger charge is -2.46. The average Bonchev–Trinajstić information content (AvgIpc) is 2.42. The number of hydrogen-bond donors (Lipinski definition) is 0. The van der Waals surface area contributed by atoms with Crippen LogP contribution in [-0.4, -0.2) is 53.7 Å². The van der Waals surface area contributed by atoms with E-state index in [4.69, 9.17) is 0 Å². The number of piperidine rings is 1. The van der Waals surface area contributed by atoms with Gasteiger partial charge in [-0.1, -0.05) is 0 Å². The number of nitrogens with zero attached hydrogens (tertiary/aromatic N) is 4. The van der Waals surface area contributed by atoms with Crippen LogP contribution < -0.4 is 17.3 Å². The molecule has 1 aromatic rings. The molecule has 2 aliphatic rings. The Morgan fingerprint density at radius 3 is 2.11 bits per heavy atom. The summed E-state index contributed by atoms with van der Waals surface area (Å²) in [5, 5.41) is 0. The number of halogens is 1. The maximum Gasteiger partial charge on any atom is 0.225 e. The highest BCUT2D eigenvalue weighted by Gasteiger charge is 2.34. The maximum absolute atomic E-state index is 4.34. The Kier molecular flexibility index (Phi) is 4.40. The van der Waals surface area contributed by atoms with Crippen molar-refractivity contribution in [1.82, 2.24) is 9.97 Å². The van der Waals surface area contributed by atoms with E-state index < -0.39 is 0 Å². The second kappa shape index (κ2) is 5.85. The summed E-state index contributed by atoms with van der Waals surface area (Å²) in [7, 11) is 0. The number of piperazine rings is 1. The monoisotopic (exact) mass is 268 g/mol. The van der Waals surface area contributed by atoms with Gasteiger partial charge in [0.25, 0.3) is 0 Å². The summed E-state index contributed by atoms with van der Waals surface area (Å²) in [5.74, 6) is 0.905. The molecule has 0 aliphatic carbocycles. The highest BCUT2D eigenvalue weighted by Crippen LogP contribution is 2.22. The molecule has 3 heterocycles. The van der Waals surface area contributed by atoms with E-state index in [9.17, 15) is 0 Å². The van der Waals surface area contributed by atoms with Crippen molar-refractivity contribution in [3.05, 3.63) is 18.5 Å². The second-order valence-corrected chi connectivity index (χ2v) is 5.33. The largest absolute Gasteiger partial charge is 1.00 e. The lowest BCUT2D eigenvalue weighted by molar-refractivity contribution is -0.932. The molecule has 4 nitrogen and oxygen atoms in total. The highest BCUT2D eigenvalue weighted by molar-refractivity contribution is 5.28. The van der Waals surface area contributed by atoms with Crippen LogP contribution in [0, 0.1) is 0 Å². The van der Waals surface area contributed by atoms with E-state index in [1.54, 1.807) is 0 Å². The zero-order valence-corrected chi connectivity index (χ0v) is 11.5. The van der Waals surface area contributed by atoms with Gasteiger partial charge in [0.2, 0.25) is 5.95 Å². The Morgan fingerprint density at radius 1 is 0.889 bits per heavy atom. The van der Waals surface area contributed by atoms with Crippen LogP contribution in [0.5, 0.6) is 0 Å². The van der Waals surface area contributed by atoms with Crippen LogP contribution in [0.2, 0.25) is 0 Å². The molecule has 0 saturated carbocycles. The van der Waals surface area contributed by atoms with Crippen LogP contribution in [0.1, 0.15) is 19.3 Å². The van der Waals surface area contributed by atoms with Crippen molar-refractivity contribution < 1.29 is 16.9 Å². The quantitative estimate of drug-likeness (QED) is 0.569. The number of anilines is 1. The summed E-state index contributed by atoms with van der Waals surface area (Å²) < 4.78 is 1.35. The molecule has 100 valence electrons. The van der Waals surface area contributed by atoms with Crippen LogP contribution >= 0.6 is 0 Å². The first-order chi connectivity index (χ1) is 8.38. The fourth-order valence-corrected chi connectivity index (χ4v) is 3.17. The smallest absolute Gasteiger partial charge is 0.225 e. The van der Waals surface area contributed by atoms with Crippen LogP contribution in [0.4, 0.5) is 5.95 Å². The Balaban J connectivity index is 0.00000120. The summed E-state index contributed by atoms with van der Waals surface area (Å²) in [6.45, 7) is 7.57. The molecule has 0 amide bonds. The first-order valence-electron chi connectivity index (χ1n) is 6.75. The molecule has 2 aliphatic heterocycles. The minimum atomic E-state index is 0. The molecular weight excluding hydrogens is 248 g/mol. The van der Waals surface area contributed by atoms with E-state index in [0.29, 0.717) is 0 Å². The van der Waals surface area contributed by atoms with Gasteiger partial charge in [0.1, 0.15) is 0 Å². The van der Waals surface area contributed by atoms with E-state index in [0.717, 1.165) is 19.0 Å². The van der Waals surface area contributed by atoms with Crippen LogP contribution in [0.3, 0.4) is 0 Å². The molecular formula is C13H21ClN4. The molecule has 0 unspecified atom stereocenters. The molecule has 0 radical (unpaired) electrons. The van der Waals surface area contributed by atoms with E-state index in [-0.39, 0.29) is 12.4 Å². The molecule has 0 bridgehead atoms. The maximum atomic E-state index is 4.34. The van der Waals surface area contributed by atoms with Gasteiger partial charge in [-0.2, -0.15) is 0 Å². The molecule has 2 fully saturated rings. The standard InChI is InChI=1S/C13H21N4.ClH/c1-2-9-17(10-3-1)11-7-16(8-12-17)13-14-5-4-6-15-13;/h4-6H,1-3,7-12H2;1H/q+1;/p-1.